The lowest BCUT2D eigenvalue weighted by Gasteiger charge is -2.09. The van der Waals surface area contributed by atoms with E-state index in [9.17, 15) is 0 Å². The van der Waals surface area contributed by atoms with E-state index in [-0.39, 0.29) is 0 Å². The minimum atomic E-state index is 0.866. The molecule has 4 heterocycles. The van der Waals surface area contributed by atoms with Gasteiger partial charge >= 0.3 is 0 Å². The van der Waals surface area contributed by atoms with E-state index in [0.29, 0.717) is 0 Å². The molecule has 6 aromatic carbocycles. The molecule has 0 saturated heterocycles. The smallest absolute Gasteiger partial charge is 0.115 e. The van der Waals surface area contributed by atoms with E-state index < -0.39 is 0 Å². The van der Waals surface area contributed by atoms with Crippen molar-refractivity contribution in [3.05, 3.63) is 127 Å². The highest BCUT2D eigenvalue weighted by Gasteiger charge is 2.23. The fourth-order valence-corrected chi connectivity index (χ4v) is 6.97. The quantitative estimate of drug-likeness (QED) is 0.227. The van der Waals surface area contributed by atoms with Crippen LogP contribution in [0.25, 0.3) is 82.3 Å². The van der Waals surface area contributed by atoms with Crippen molar-refractivity contribution in [3.63, 3.8) is 0 Å². The predicted molar refractivity (Wildman–Crippen MR) is 168 cm³/mol. The molecule has 41 heavy (non-hydrogen) atoms. The van der Waals surface area contributed by atoms with Gasteiger partial charge < -0.3 is 8.97 Å². The molecule has 0 aliphatic heterocycles. The standard InChI is InChI=1S/C36H21N5/c1-2-9-22(10-3-1)41-37-28-19-17-23(21-29(28)38-41)39-32-16-8-13-26-24-11-4-6-14-30(24)40-31-15-7-5-12-25(31)27-18-20-33(39)35(34(26)32)36(27)40/h1-21H. The number of rotatable bonds is 2. The second-order valence-electron chi connectivity index (χ2n) is 10.8. The molecular formula is C36H21N5. The molecule has 0 amide bonds. The first-order valence-electron chi connectivity index (χ1n) is 13.9. The van der Waals surface area contributed by atoms with Gasteiger partial charge in [0, 0.05) is 32.6 Å². The summed E-state index contributed by atoms with van der Waals surface area (Å²) in [6.45, 7) is 0. The molecule has 10 rings (SSSR count). The Morgan fingerprint density at radius 1 is 0.415 bits per heavy atom. The van der Waals surface area contributed by atoms with Crippen molar-refractivity contribution in [1.29, 1.82) is 0 Å². The Hall–Kier alpha value is -5.68. The van der Waals surface area contributed by atoms with Crippen LogP contribution in [0, 0.1) is 0 Å². The molecule has 0 fully saturated rings. The third-order valence-electron chi connectivity index (χ3n) is 8.63. The summed E-state index contributed by atoms with van der Waals surface area (Å²) in [6.07, 6.45) is 0. The Morgan fingerprint density at radius 2 is 1.07 bits per heavy atom. The van der Waals surface area contributed by atoms with Crippen molar-refractivity contribution in [2.45, 2.75) is 0 Å². The Bertz CT molecular complexity index is 2640. The van der Waals surface area contributed by atoms with Crippen molar-refractivity contribution in [2.24, 2.45) is 0 Å². The summed E-state index contributed by atoms with van der Waals surface area (Å²) >= 11 is 0. The molecular weight excluding hydrogens is 502 g/mol. The van der Waals surface area contributed by atoms with Crippen molar-refractivity contribution in [1.82, 2.24) is 24.0 Å². The average molecular weight is 524 g/mol. The number of fused-ring (bicyclic) bond motifs is 7. The maximum Gasteiger partial charge on any atom is 0.115 e. The number of para-hydroxylation sites is 3. The molecule has 190 valence electrons. The van der Waals surface area contributed by atoms with Gasteiger partial charge in [-0.05, 0) is 60.0 Å². The van der Waals surface area contributed by atoms with E-state index in [0.717, 1.165) is 22.4 Å². The first-order chi connectivity index (χ1) is 20.3. The molecule has 0 spiro atoms. The topological polar surface area (TPSA) is 40.0 Å². The van der Waals surface area contributed by atoms with Crippen LogP contribution in [0.2, 0.25) is 0 Å². The normalized spacial score (nSPS) is 12.4. The lowest BCUT2D eigenvalue weighted by Crippen LogP contribution is -1.97. The zero-order valence-electron chi connectivity index (χ0n) is 21.9. The van der Waals surface area contributed by atoms with Crippen molar-refractivity contribution in [3.8, 4) is 11.4 Å². The lowest BCUT2D eigenvalue weighted by molar-refractivity contribution is 0.766. The maximum atomic E-state index is 4.85. The highest BCUT2D eigenvalue weighted by Crippen LogP contribution is 2.45. The molecule has 0 saturated carbocycles. The van der Waals surface area contributed by atoms with Crippen LogP contribution in [0.15, 0.2) is 127 Å². The second-order valence-corrected chi connectivity index (χ2v) is 10.8. The first kappa shape index (κ1) is 21.2. The predicted octanol–water partition coefficient (Wildman–Crippen LogP) is 8.67. The van der Waals surface area contributed by atoms with Crippen LogP contribution in [-0.4, -0.2) is 24.0 Å². The molecule has 10 aromatic rings. The van der Waals surface area contributed by atoms with Gasteiger partial charge in [-0.3, -0.25) is 0 Å². The number of nitrogens with zero attached hydrogens (tertiary/aromatic N) is 5. The van der Waals surface area contributed by atoms with Crippen LogP contribution in [-0.2, 0) is 0 Å². The van der Waals surface area contributed by atoms with E-state index in [2.05, 4.69) is 106 Å². The minimum absolute atomic E-state index is 0.866. The van der Waals surface area contributed by atoms with Crippen molar-refractivity contribution < 1.29 is 0 Å². The fourth-order valence-electron chi connectivity index (χ4n) is 6.97. The zero-order chi connectivity index (χ0) is 26.7. The summed E-state index contributed by atoms with van der Waals surface area (Å²) in [4.78, 5) is 1.72. The average Bonchev–Trinajstić information content (AvgIpc) is 3.68. The van der Waals surface area contributed by atoms with E-state index in [4.69, 9.17) is 10.2 Å². The van der Waals surface area contributed by atoms with Crippen LogP contribution in [0.3, 0.4) is 0 Å². The van der Waals surface area contributed by atoms with Gasteiger partial charge in [0.15, 0.2) is 0 Å². The largest absolute Gasteiger partial charge is 0.309 e. The SMILES string of the molecule is c1ccc(-n2nc3ccc(-n4c5cccc6c7ccccc7n7c8ccccc8c8ccc4c(c65)c87)cc3n2)cc1. The van der Waals surface area contributed by atoms with Crippen LogP contribution in [0.5, 0.6) is 0 Å². The van der Waals surface area contributed by atoms with E-state index in [1.807, 2.05) is 30.3 Å². The Kier molecular flexibility index (Phi) is 3.87. The summed E-state index contributed by atoms with van der Waals surface area (Å²) in [5.74, 6) is 0. The van der Waals surface area contributed by atoms with Gasteiger partial charge in [-0.25, -0.2) is 0 Å². The van der Waals surface area contributed by atoms with Gasteiger partial charge in [-0.2, -0.15) is 4.80 Å². The Morgan fingerprint density at radius 3 is 1.90 bits per heavy atom. The molecule has 0 aliphatic rings. The van der Waals surface area contributed by atoms with E-state index in [1.165, 1.54) is 59.9 Å². The molecule has 5 heteroatoms. The molecule has 0 radical (unpaired) electrons. The third kappa shape index (κ3) is 2.65. The molecule has 0 aliphatic carbocycles. The Balaban J connectivity index is 1.39. The molecule has 0 bridgehead atoms. The number of aromatic nitrogens is 5. The Labute approximate surface area is 233 Å². The maximum absolute atomic E-state index is 4.85. The molecule has 5 nitrogen and oxygen atoms in total. The number of hydrogen-bond acceptors (Lipinski definition) is 2. The monoisotopic (exact) mass is 523 g/mol. The molecule has 0 N–H and O–H groups in total. The zero-order valence-corrected chi connectivity index (χ0v) is 21.9. The van der Waals surface area contributed by atoms with Crippen molar-refractivity contribution in [2.75, 3.05) is 0 Å². The van der Waals surface area contributed by atoms with Gasteiger partial charge in [-0.15, -0.1) is 10.2 Å². The van der Waals surface area contributed by atoms with E-state index >= 15 is 0 Å². The van der Waals surface area contributed by atoms with Crippen LogP contribution >= 0.6 is 0 Å². The van der Waals surface area contributed by atoms with Crippen molar-refractivity contribution >= 4 is 70.9 Å². The summed E-state index contributed by atoms with van der Waals surface area (Å²) in [5, 5.41) is 17.2. The van der Waals surface area contributed by atoms with Gasteiger partial charge in [0.2, 0.25) is 0 Å². The fraction of sp³-hybridized carbons (Fsp3) is 0. The lowest BCUT2D eigenvalue weighted by atomic mass is 10.0. The first-order valence-corrected chi connectivity index (χ1v) is 13.9. The van der Waals surface area contributed by atoms with Gasteiger partial charge in [0.1, 0.15) is 11.0 Å². The molecule has 0 unspecified atom stereocenters. The van der Waals surface area contributed by atoms with Crippen LogP contribution < -0.4 is 0 Å². The van der Waals surface area contributed by atoms with Gasteiger partial charge in [0.25, 0.3) is 0 Å². The molecule has 4 aromatic heterocycles. The van der Waals surface area contributed by atoms with Crippen LogP contribution in [0.1, 0.15) is 0 Å². The summed E-state index contributed by atoms with van der Waals surface area (Å²) in [6, 6.07) is 45.3. The number of benzene rings is 6. The van der Waals surface area contributed by atoms with E-state index in [1.54, 1.807) is 4.80 Å². The molecule has 0 atom stereocenters. The highest BCUT2D eigenvalue weighted by molar-refractivity contribution is 6.33. The van der Waals surface area contributed by atoms with Gasteiger partial charge in [-0.1, -0.05) is 72.8 Å². The third-order valence-corrected chi connectivity index (χ3v) is 8.63. The summed E-state index contributed by atoms with van der Waals surface area (Å²) in [5.41, 5.74) is 9.85. The summed E-state index contributed by atoms with van der Waals surface area (Å²) in [7, 11) is 0. The highest BCUT2D eigenvalue weighted by atomic mass is 15.5. The summed E-state index contributed by atoms with van der Waals surface area (Å²) < 4.78 is 4.87. The second kappa shape index (κ2) is 7.49. The van der Waals surface area contributed by atoms with Crippen LogP contribution in [0.4, 0.5) is 0 Å². The minimum Gasteiger partial charge on any atom is -0.309 e. The van der Waals surface area contributed by atoms with Gasteiger partial charge in [0.05, 0.1) is 33.3 Å². The number of hydrogen-bond donors (Lipinski definition) is 0.